The monoisotopic (exact) mass is 419 g/mol. The number of fused-ring (bicyclic) bond motifs is 1. The highest BCUT2D eigenvalue weighted by Gasteiger charge is 2.13. The Hall–Kier alpha value is -3.08. The maximum absolute atomic E-state index is 11.8. The van der Waals surface area contributed by atoms with E-state index in [1.54, 1.807) is 6.92 Å². The molecule has 2 aromatic carbocycles. The van der Waals surface area contributed by atoms with Crippen LogP contribution in [0.25, 0.3) is 11.0 Å². The van der Waals surface area contributed by atoms with Crippen LogP contribution in [0.15, 0.2) is 60.7 Å². The molecule has 0 aliphatic carbocycles. The SMILES string of the molecule is C=C(C)C(=O)NCCc1nc2ccccc2n1CCCOc1ccc(C(C)(C)C)cc1. The van der Waals surface area contributed by atoms with Gasteiger partial charge in [0.15, 0.2) is 0 Å². The van der Waals surface area contributed by atoms with Crippen molar-refractivity contribution in [2.45, 2.75) is 52.5 Å². The van der Waals surface area contributed by atoms with E-state index in [1.165, 1.54) is 5.56 Å². The fourth-order valence-electron chi connectivity index (χ4n) is 3.47. The van der Waals surface area contributed by atoms with Gasteiger partial charge in [0.2, 0.25) is 5.91 Å². The van der Waals surface area contributed by atoms with Crippen molar-refractivity contribution in [1.82, 2.24) is 14.9 Å². The number of nitrogens with one attached hydrogen (secondary N) is 1. The van der Waals surface area contributed by atoms with E-state index in [9.17, 15) is 4.79 Å². The van der Waals surface area contributed by atoms with Crippen molar-refractivity contribution in [3.63, 3.8) is 0 Å². The summed E-state index contributed by atoms with van der Waals surface area (Å²) in [7, 11) is 0. The van der Waals surface area contributed by atoms with Gasteiger partial charge in [0.25, 0.3) is 0 Å². The number of para-hydroxylation sites is 2. The topological polar surface area (TPSA) is 56.2 Å². The second-order valence-corrected chi connectivity index (χ2v) is 8.93. The normalized spacial score (nSPS) is 11.5. The van der Waals surface area contributed by atoms with Gasteiger partial charge in [-0.2, -0.15) is 0 Å². The molecule has 0 bridgehead atoms. The molecule has 3 aromatic rings. The van der Waals surface area contributed by atoms with E-state index < -0.39 is 0 Å². The molecule has 0 fully saturated rings. The summed E-state index contributed by atoms with van der Waals surface area (Å²) >= 11 is 0. The zero-order valence-electron chi connectivity index (χ0n) is 19.1. The van der Waals surface area contributed by atoms with Crippen molar-refractivity contribution in [1.29, 1.82) is 0 Å². The van der Waals surface area contributed by atoms with Gasteiger partial charge in [-0.15, -0.1) is 0 Å². The predicted molar refractivity (Wildman–Crippen MR) is 127 cm³/mol. The zero-order valence-corrected chi connectivity index (χ0v) is 19.1. The number of amides is 1. The summed E-state index contributed by atoms with van der Waals surface area (Å²) in [5, 5.41) is 2.89. The van der Waals surface area contributed by atoms with E-state index in [0.29, 0.717) is 25.1 Å². The highest BCUT2D eigenvalue weighted by molar-refractivity contribution is 5.92. The first-order chi connectivity index (χ1) is 14.8. The summed E-state index contributed by atoms with van der Waals surface area (Å²) in [5.41, 5.74) is 4.04. The highest BCUT2D eigenvalue weighted by atomic mass is 16.5. The molecule has 5 nitrogen and oxygen atoms in total. The minimum atomic E-state index is -0.117. The molecule has 0 aliphatic rings. The van der Waals surface area contributed by atoms with E-state index in [4.69, 9.17) is 9.72 Å². The van der Waals surface area contributed by atoms with E-state index in [0.717, 1.165) is 35.6 Å². The number of aromatic nitrogens is 2. The van der Waals surface area contributed by atoms with E-state index in [1.807, 2.05) is 30.3 Å². The van der Waals surface area contributed by atoms with Crippen LogP contribution in [0.3, 0.4) is 0 Å². The lowest BCUT2D eigenvalue weighted by molar-refractivity contribution is -0.117. The maximum Gasteiger partial charge on any atom is 0.246 e. The molecule has 0 aliphatic heterocycles. The van der Waals surface area contributed by atoms with Gasteiger partial charge >= 0.3 is 0 Å². The minimum Gasteiger partial charge on any atom is -0.494 e. The number of hydrogen-bond acceptors (Lipinski definition) is 3. The summed E-state index contributed by atoms with van der Waals surface area (Å²) in [6, 6.07) is 16.5. The van der Waals surface area contributed by atoms with Crippen LogP contribution >= 0.6 is 0 Å². The first-order valence-electron chi connectivity index (χ1n) is 10.9. The molecule has 31 heavy (non-hydrogen) atoms. The number of imidazole rings is 1. The van der Waals surface area contributed by atoms with Crippen molar-refractivity contribution in [2.24, 2.45) is 0 Å². The first-order valence-corrected chi connectivity index (χ1v) is 10.9. The molecule has 1 N–H and O–H groups in total. The predicted octanol–water partition coefficient (Wildman–Crippen LogP) is 5.04. The molecule has 0 spiro atoms. The Kier molecular flexibility index (Phi) is 7.16. The smallest absolute Gasteiger partial charge is 0.246 e. The highest BCUT2D eigenvalue weighted by Crippen LogP contribution is 2.24. The molecule has 0 radical (unpaired) electrons. The maximum atomic E-state index is 11.8. The Balaban J connectivity index is 1.60. The van der Waals surface area contributed by atoms with Gasteiger partial charge in [0, 0.05) is 25.1 Å². The number of hydrogen-bond donors (Lipinski definition) is 1. The van der Waals surface area contributed by atoms with Crippen molar-refractivity contribution in [3.8, 4) is 5.75 Å². The Labute approximate surface area is 185 Å². The average molecular weight is 420 g/mol. The molecular formula is C26H33N3O2. The van der Waals surface area contributed by atoms with E-state index >= 15 is 0 Å². The lowest BCUT2D eigenvalue weighted by Gasteiger charge is -2.19. The molecule has 0 saturated carbocycles. The molecular weight excluding hydrogens is 386 g/mol. The van der Waals surface area contributed by atoms with Crippen LogP contribution in [0.5, 0.6) is 5.75 Å². The third-order valence-electron chi connectivity index (χ3n) is 5.27. The van der Waals surface area contributed by atoms with Gasteiger partial charge < -0.3 is 14.6 Å². The fourth-order valence-corrected chi connectivity index (χ4v) is 3.47. The van der Waals surface area contributed by atoms with Gasteiger partial charge in [0.05, 0.1) is 17.6 Å². The molecule has 1 amide bonds. The summed E-state index contributed by atoms with van der Waals surface area (Å²) in [4.78, 5) is 16.5. The quantitative estimate of drug-likeness (QED) is 0.391. The number of nitrogens with zero attached hydrogens (tertiary/aromatic N) is 2. The third kappa shape index (κ3) is 5.97. The zero-order chi connectivity index (χ0) is 22.4. The molecule has 1 aromatic heterocycles. The minimum absolute atomic E-state index is 0.117. The summed E-state index contributed by atoms with van der Waals surface area (Å²) in [6.07, 6.45) is 1.54. The molecule has 0 unspecified atom stereocenters. The number of carbonyl (C=O) groups is 1. The van der Waals surface area contributed by atoms with Gasteiger partial charge in [0.1, 0.15) is 11.6 Å². The van der Waals surface area contributed by atoms with Crippen molar-refractivity contribution < 1.29 is 9.53 Å². The number of aryl methyl sites for hydroxylation is 1. The lowest BCUT2D eigenvalue weighted by atomic mass is 9.87. The lowest BCUT2D eigenvalue weighted by Crippen LogP contribution is -2.26. The van der Waals surface area contributed by atoms with Crippen LogP contribution < -0.4 is 10.1 Å². The van der Waals surface area contributed by atoms with Crippen LogP contribution in [0.2, 0.25) is 0 Å². The average Bonchev–Trinajstić information content (AvgIpc) is 3.08. The van der Waals surface area contributed by atoms with Crippen LogP contribution in [0, 0.1) is 0 Å². The number of benzene rings is 2. The summed E-state index contributed by atoms with van der Waals surface area (Å²) in [5.74, 6) is 1.75. The van der Waals surface area contributed by atoms with Crippen molar-refractivity contribution in [3.05, 3.63) is 72.1 Å². The van der Waals surface area contributed by atoms with Crippen molar-refractivity contribution >= 4 is 16.9 Å². The Bertz CT molecular complexity index is 1040. The van der Waals surface area contributed by atoms with Crippen LogP contribution in [0.4, 0.5) is 0 Å². The summed E-state index contributed by atoms with van der Waals surface area (Å²) in [6.45, 7) is 14.0. The molecule has 0 saturated heterocycles. The Morgan fingerprint density at radius 3 is 2.52 bits per heavy atom. The largest absolute Gasteiger partial charge is 0.494 e. The van der Waals surface area contributed by atoms with Crippen LogP contribution in [0.1, 0.15) is 45.5 Å². The fraction of sp³-hybridized carbons (Fsp3) is 0.385. The van der Waals surface area contributed by atoms with E-state index in [2.05, 4.69) is 55.4 Å². The molecule has 3 rings (SSSR count). The number of rotatable bonds is 9. The first kappa shape index (κ1) is 22.6. The molecule has 5 heteroatoms. The standard InChI is InChI=1S/C26H33N3O2/c1-19(2)25(30)27-16-15-24-28-22-9-6-7-10-23(22)29(24)17-8-18-31-21-13-11-20(12-14-21)26(3,4)5/h6-7,9-14H,1,8,15-18H2,2-5H3,(H,27,30). The Morgan fingerprint density at radius 2 is 1.84 bits per heavy atom. The van der Waals surface area contributed by atoms with Gasteiger partial charge in [-0.25, -0.2) is 4.98 Å². The second-order valence-electron chi connectivity index (χ2n) is 8.93. The molecule has 1 heterocycles. The van der Waals surface area contributed by atoms with Crippen LogP contribution in [-0.2, 0) is 23.2 Å². The third-order valence-corrected chi connectivity index (χ3v) is 5.27. The molecule has 0 atom stereocenters. The number of ether oxygens (including phenoxy) is 1. The van der Waals surface area contributed by atoms with Crippen LogP contribution in [-0.4, -0.2) is 28.6 Å². The van der Waals surface area contributed by atoms with E-state index in [-0.39, 0.29) is 11.3 Å². The van der Waals surface area contributed by atoms with Gasteiger partial charge in [-0.05, 0) is 48.6 Å². The van der Waals surface area contributed by atoms with Gasteiger partial charge in [-0.1, -0.05) is 51.6 Å². The summed E-state index contributed by atoms with van der Waals surface area (Å²) < 4.78 is 8.19. The number of carbonyl (C=O) groups excluding carboxylic acids is 1. The molecule has 164 valence electrons. The van der Waals surface area contributed by atoms with Gasteiger partial charge in [-0.3, -0.25) is 4.79 Å². The second kappa shape index (κ2) is 9.82. The Morgan fingerprint density at radius 1 is 1.13 bits per heavy atom. The van der Waals surface area contributed by atoms with Crippen molar-refractivity contribution in [2.75, 3.05) is 13.2 Å².